The van der Waals surface area contributed by atoms with Gasteiger partial charge in [0, 0.05) is 17.8 Å². The molecular formula is C26H32FN3O5. The third-order valence-electron chi connectivity index (χ3n) is 6.56. The number of nitrogens with one attached hydrogen (secondary N) is 1. The molecule has 0 unspecified atom stereocenters. The number of Topliss-reactive ketones (excluding diaryl/α,β-unsaturated/α-hetero) is 1. The lowest BCUT2D eigenvalue weighted by Crippen LogP contribution is -2.33. The van der Waals surface area contributed by atoms with E-state index in [1.807, 2.05) is 0 Å². The topological polar surface area (TPSA) is 103 Å². The third-order valence-corrected chi connectivity index (χ3v) is 6.56. The molecule has 188 valence electrons. The minimum absolute atomic E-state index is 0.0916. The van der Waals surface area contributed by atoms with Crippen LogP contribution in [0, 0.1) is 19.7 Å². The standard InChI is InChI=1S/C26H32FN3O5/c1-6-29(7-2)13-8-14-30-22(17-9-11-18(27)12-10-17)20(24(32)25(30)33)23(31)19-15(3)21(26(34)35-5)28-16(19)4/h9-12,22,28,31H,6-8,13-14H2,1-5H3/t22-/m1/s1. The molecule has 1 fully saturated rings. The van der Waals surface area contributed by atoms with Crippen LogP contribution in [0.15, 0.2) is 29.8 Å². The van der Waals surface area contributed by atoms with E-state index in [0.717, 1.165) is 19.6 Å². The van der Waals surface area contributed by atoms with Crippen LogP contribution in [0.4, 0.5) is 4.39 Å². The van der Waals surface area contributed by atoms with Gasteiger partial charge in [0.05, 0.1) is 18.7 Å². The number of likely N-dealkylation sites (tertiary alicyclic amines) is 1. The van der Waals surface area contributed by atoms with Crippen LogP contribution in [-0.2, 0) is 14.3 Å². The van der Waals surface area contributed by atoms with Crippen molar-refractivity contribution in [3.63, 3.8) is 0 Å². The number of aliphatic hydroxyl groups is 1. The van der Waals surface area contributed by atoms with Crippen molar-refractivity contribution in [3.05, 3.63) is 63.7 Å². The van der Waals surface area contributed by atoms with Crippen molar-refractivity contribution in [2.75, 3.05) is 33.3 Å². The summed E-state index contributed by atoms with van der Waals surface area (Å²) in [5, 5.41) is 11.4. The van der Waals surface area contributed by atoms with Crippen molar-refractivity contribution in [2.24, 2.45) is 0 Å². The van der Waals surface area contributed by atoms with Crippen molar-refractivity contribution in [1.29, 1.82) is 0 Å². The molecular weight excluding hydrogens is 453 g/mol. The van der Waals surface area contributed by atoms with Gasteiger partial charge in [-0.1, -0.05) is 26.0 Å². The summed E-state index contributed by atoms with van der Waals surface area (Å²) in [6, 6.07) is 4.64. The number of carbonyl (C=O) groups is 3. The highest BCUT2D eigenvalue weighted by Crippen LogP contribution is 2.41. The fourth-order valence-electron chi connectivity index (χ4n) is 4.65. The molecule has 8 nitrogen and oxygen atoms in total. The molecule has 1 aromatic heterocycles. The number of amides is 1. The van der Waals surface area contributed by atoms with Gasteiger partial charge in [-0.15, -0.1) is 0 Å². The molecule has 0 spiro atoms. The zero-order chi connectivity index (χ0) is 25.9. The second kappa shape index (κ2) is 10.9. The van der Waals surface area contributed by atoms with Gasteiger partial charge in [0.2, 0.25) is 0 Å². The van der Waals surface area contributed by atoms with Crippen LogP contribution in [0.25, 0.3) is 5.76 Å². The third kappa shape index (κ3) is 5.00. The summed E-state index contributed by atoms with van der Waals surface area (Å²) in [4.78, 5) is 45.0. The fourth-order valence-corrected chi connectivity index (χ4v) is 4.65. The SMILES string of the molecule is CCN(CC)CCCN1C(=O)C(=O)C(=C(O)c2c(C)[nH]c(C(=O)OC)c2C)[C@H]1c1ccc(F)cc1. The molecule has 35 heavy (non-hydrogen) atoms. The van der Waals surface area contributed by atoms with E-state index in [0.29, 0.717) is 29.8 Å². The summed E-state index contributed by atoms with van der Waals surface area (Å²) in [5.74, 6) is -2.99. The smallest absolute Gasteiger partial charge is 0.354 e. The number of halogens is 1. The first-order valence-corrected chi connectivity index (χ1v) is 11.7. The number of aromatic amines is 1. The average molecular weight is 486 g/mol. The molecule has 0 aliphatic carbocycles. The van der Waals surface area contributed by atoms with Gasteiger partial charge in [0.25, 0.3) is 11.7 Å². The zero-order valence-electron chi connectivity index (χ0n) is 20.8. The normalized spacial score (nSPS) is 17.5. The first-order chi connectivity index (χ1) is 16.7. The van der Waals surface area contributed by atoms with Crippen LogP contribution in [0.3, 0.4) is 0 Å². The summed E-state index contributed by atoms with van der Waals surface area (Å²) >= 11 is 0. The number of esters is 1. The molecule has 1 saturated heterocycles. The Kier molecular flexibility index (Phi) is 8.11. The Morgan fingerprint density at radius 3 is 2.37 bits per heavy atom. The Labute approximate surface area is 204 Å². The first kappa shape index (κ1) is 26.2. The lowest BCUT2D eigenvalue weighted by molar-refractivity contribution is -0.140. The second-order valence-electron chi connectivity index (χ2n) is 8.54. The summed E-state index contributed by atoms with van der Waals surface area (Å²) in [7, 11) is 1.25. The Morgan fingerprint density at radius 2 is 1.80 bits per heavy atom. The molecule has 1 aliphatic heterocycles. The maximum Gasteiger partial charge on any atom is 0.354 e. The first-order valence-electron chi connectivity index (χ1n) is 11.7. The number of H-pyrrole nitrogens is 1. The van der Waals surface area contributed by atoms with Crippen LogP contribution in [0.1, 0.15) is 59.2 Å². The van der Waals surface area contributed by atoms with Crippen LogP contribution in [-0.4, -0.2) is 70.8 Å². The molecule has 0 bridgehead atoms. The minimum Gasteiger partial charge on any atom is -0.507 e. The van der Waals surface area contributed by atoms with Crippen LogP contribution in [0.2, 0.25) is 0 Å². The number of ether oxygens (including phenoxy) is 1. The van der Waals surface area contributed by atoms with E-state index in [2.05, 4.69) is 23.7 Å². The van der Waals surface area contributed by atoms with Crippen molar-refractivity contribution >= 4 is 23.4 Å². The van der Waals surface area contributed by atoms with E-state index in [-0.39, 0.29) is 22.6 Å². The number of aryl methyl sites for hydroxylation is 1. The van der Waals surface area contributed by atoms with Gasteiger partial charge in [-0.2, -0.15) is 0 Å². The van der Waals surface area contributed by atoms with E-state index in [4.69, 9.17) is 4.74 Å². The van der Waals surface area contributed by atoms with Crippen LogP contribution in [0.5, 0.6) is 0 Å². The Hall–Kier alpha value is -3.46. The number of hydrogen-bond acceptors (Lipinski definition) is 6. The molecule has 2 N–H and O–H groups in total. The number of methoxy groups -OCH3 is 1. The molecule has 1 amide bonds. The second-order valence-corrected chi connectivity index (χ2v) is 8.54. The number of aliphatic hydroxyl groups excluding tert-OH is 1. The fraction of sp³-hybridized carbons (Fsp3) is 0.423. The molecule has 2 aromatic rings. The Morgan fingerprint density at radius 1 is 1.17 bits per heavy atom. The predicted molar refractivity (Wildman–Crippen MR) is 129 cm³/mol. The largest absolute Gasteiger partial charge is 0.507 e. The summed E-state index contributed by atoms with van der Waals surface area (Å²) in [5.41, 5.74) is 1.68. The number of benzene rings is 1. The van der Waals surface area contributed by atoms with E-state index < -0.39 is 29.5 Å². The summed E-state index contributed by atoms with van der Waals surface area (Å²) in [6.45, 7) is 10.1. The van der Waals surface area contributed by atoms with Crippen molar-refractivity contribution in [2.45, 2.75) is 40.2 Å². The molecule has 3 rings (SSSR count). The van der Waals surface area contributed by atoms with E-state index >= 15 is 0 Å². The molecule has 1 aromatic carbocycles. The summed E-state index contributed by atoms with van der Waals surface area (Å²) < 4.78 is 18.5. The highest BCUT2D eigenvalue weighted by Gasteiger charge is 2.46. The minimum atomic E-state index is -0.887. The zero-order valence-corrected chi connectivity index (χ0v) is 20.8. The van der Waals surface area contributed by atoms with Crippen molar-refractivity contribution in [3.8, 4) is 0 Å². The van der Waals surface area contributed by atoms with Gasteiger partial charge >= 0.3 is 5.97 Å². The van der Waals surface area contributed by atoms with Crippen molar-refractivity contribution in [1.82, 2.24) is 14.8 Å². The highest BCUT2D eigenvalue weighted by atomic mass is 19.1. The number of carbonyl (C=O) groups excluding carboxylic acids is 3. The maximum atomic E-state index is 13.7. The number of hydrogen-bond donors (Lipinski definition) is 2. The molecule has 0 radical (unpaired) electrons. The predicted octanol–water partition coefficient (Wildman–Crippen LogP) is 3.71. The van der Waals surface area contributed by atoms with Gasteiger partial charge in [0.1, 0.15) is 17.3 Å². The van der Waals surface area contributed by atoms with Crippen molar-refractivity contribution < 1.29 is 28.6 Å². The van der Waals surface area contributed by atoms with Gasteiger partial charge < -0.3 is 24.6 Å². The molecule has 2 heterocycles. The van der Waals surface area contributed by atoms with E-state index in [1.54, 1.807) is 13.8 Å². The van der Waals surface area contributed by atoms with Gasteiger partial charge in [0.15, 0.2) is 0 Å². The maximum absolute atomic E-state index is 13.7. The van der Waals surface area contributed by atoms with Gasteiger partial charge in [-0.3, -0.25) is 9.59 Å². The monoisotopic (exact) mass is 485 g/mol. The van der Waals surface area contributed by atoms with E-state index in [9.17, 15) is 23.9 Å². The number of ketones is 1. The lowest BCUT2D eigenvalue weighted by Gasteiger charge is -2.26. The Bertz CT molecular complexity index is 1150. The van der Waals surface area contributed by atoms with Gasteiger partial charge in [-0.25, -0.2) is 9.18 Å². The van der Waals surface area contributed by atoms with Crippen LogP contribution < -0.4 is 0 Å². The quantitative estimate of drug-likeness (QED) is 0.243. The number of nitrogens with zero attached hydrogens (tertiary/aromatic N) is 2. The average Bonchev–Trinajstić information content (AvgIpc) is 3.28. The molecule has 9 heteroatoms. The molecule has 1 atom stereocenters. The Balaban J connectivity index is 2.11. The molecule has 0 saturated carbocycles. The number of rotatable bonds is 9. The summed E-state index contributed by atoms with van der Waals surface area (Å²) in [6.07, 6.45) is 0.626. The van der Waals surface area contributed by atoms with Gasteiger partial charge in [-0.05, 0) is 63.2 Å². The highest BCUT2D eigenvalue weighted by molar-refractivity contribution is 6.46. The van der Waals surface area contributed by atoms with Crippen LogP contribution >= 0.6 is 0 Å². The van der Waals surface area contributed by atoms with E-state index in [1.165, 1.54) is 36.3 Å². The molecule has 1 aliphatic rings. The number of aromatic nitrogens is 1. The lowest BCUT2D eigenvalue weighted by atomic mass is 9.94.